The van der Waals surface area contributed by atoms with E-state index in [0.29, 0.717) is 17.7 Å². The van der Waals surface area contributed by atoms with Crippen LogP contribution in [0.1, 0.15) is 11.1 Å². The first-order chi connectivity index (χ1) is 8.69. The third kappa shape index (κ3) is 3.20. The molecule has 2 aromatic carbocycles. The van der Waals surface area contributed by atoms with Gasteiger partial charge < -0.3 is 5.32 Å². The molecular formula is C14H10FIN2. The third-order valence-electron chi connectivity index (χ3n) is 2.51. The van der Waals surface area contributed by atoms with Crippen LogP contribution in [-0.2, 0) is 6.54 Å². The number of halogens is 2. The number of anilines is 1. The summed E-state index contributed by atoms with van der Waals surface area (Å²) in [5.74, 6) is -0.355. The summed E-state index contributed by atoms with van der Waals surface area (Å²) >= 11 is 2.23. The van der Waals surface area contributed by atoms with Gasteiger partial charge in [-0.2, -0.15) is 5.26 Å². The fourth-order valence-corrected chi connectivity index (χ4v) is 1.88. The molecule has 18 heavy (non-hydrogen) atoms. The van der Waals surface area contributed by atoms with Crippen LogP contribution in [0.2, 0.25) is 0 Å². The molecule has 0 bridgehead atoms. The van der Waals surface area contributed by atoms with Crippen LogP contribution in [0.3, 0.4) is 0 Å². The highest BCUT2D eigenvalue weighted by Crippen LogP contribution is 2.15. The molecule has 1 N–H and O–H groups in total. The van der Waals surface area contributed by atoms with Crippen LogP contribution < -0.4 is 5.32 Å². The summed E-state index contributed by atoms with van der Waals surface area (Å²) in [6.45, 7) is 0.401. The second kappa shape index (κ2) is 5.83. The molecule has 4 heteroatoms. The summed E-state index contributed by atoms with van der Waals surface area (Å²) in [6.07, 6.45) is 0. The summed E-state index contributed by atoms with van der Waals surface area (Å²) in [6, 6.07) is 14.3. The zero-order chi connectivity index (χ0) is 13.0. The topological polar surface area (TPSA) is 35.8 Å². The van der Waals surface area contributed by atoms with E-state index in [1.807, 2.05) is 30.3 Å². The zero-order valence-corrected chi connectivity index (χ0v) is 11.6. The molecule has 0 aromatic heterocycles. The van der Waals surface area contributed by atoms with E-state index in [9.17, 15) is 4.39 Å². The number of benzene rings is 2. The van der Waals surface area contributed by atoms with Crippen LogP contribution in [0.15, 0.2) is 42.5 Å². The molecular weight excluding hydrogens is 342 g/mol. The van der Waals surface area contributed by atoms with Gasteiger partial charge >= 0.3 is 0 Å². The van der Waals surface area contributed by atoms with E-state index in [1.165, 1.54) is 6.07 Å². The van der Waals surface area contributed by atoms with Gasteiger partial charge in [0.15, 0.2) is 0 Å². The molecule has 0 amide bonds. The van der Waals surface area contributed by atoms with Crippen LogP contribution in [0.4, 0.5) is 10.1 Å². The summed E-state index contributed by atoms with van der Waals surface area (Å²) in [7, 11) is 0. The van der Waals surface area contributed by atoms with Crippen molar-refractivity contribution in [3.63, 3.8) is 0 Å². The van der Waals surface area contributed by atoms with Crippen molar-refractivity contribution in [2.75, 3.05) is 5.32 Å². The average molecular weight is 352 g/mol. The maximum atomic E-state index is 13.6. The Bertz CT molecular complexity index is 588. The van der Waals surface area contributed by atoms with Gasteiger partial charge in [-0.05, 0) is 59.0 Å². The first kappa shape index (κ1) is 12.8. The highest BCUT2D eigenvalue weighted by atomic mass is 127. The predicted octanol–water partition coefficient (Wildman–Crippen LogP) is 3.91. The van der Waals surface area contributed by atoms with Crippen molar-refractivity contribution in [1.82, 2.24) is 0 Å². The highest BCUT2D eigenvalue weighted by molar-refractivity contribution is 14.1. The Kier molecular flexibility index (Phi) is 4.15. The fourth-order valence-electron chi connectivity index (χ4n) is 1.53. The van der Waals surface area contributed by atoms with Gasteiger partial charge in [-0.3, -0.25) is 0 Å². The van der Waals surface area contributed by atoms with Gasteiger partial charge in [0, 0.05) is 21.4 Å². The van der Waals surface area contributed by atoms with E-state index in [4.69, 9.17) is 5.26 Å². The minimum Gasteiger partial charge on any atom is -0.381 e. The Morgan fingerprint density at radius 2 is 1.89 bits per heavy atom. The molecule has 0 atom stereocenters. The summed E-state index contributed by atoms with van der Waals surface area (Å²) in [5.41, 5.74) is 1.83. The van der Waals surface area contributed by atoms with Gasteiger partial charge in [-0.25, -0.2) is 4.39 Å². The lowest BCUT2D eigenvalue weighted by Gasteiger charge is -2.07. The SMILES string of the molecule is N#Cc1ccc(CNc2ccc(I)cc2)c(F)c1. The summed E-state index contributed by atoms with van der Waals surface area (Å²) in [4.78, 5) is 0. The molecule has 0 aliphatic rings. The molecule has 0 saturated heterocycles. The van der Waals surface area contributed by atoms with Gasteiger partial charge in [0.1, 0.15) is 5.82 Å². The van der Waals surface area contributed by atoms with Gasteiger partial charge in [-0.15, -0.1) is 0 Å². The number of nitrogens with one attached hydrogen (secondary N) is 1. The van der Waals surface area contributed by atoms with Crippen LogP contribution >= 0.6 is 22.6 Å². The molecule has 0 fully saturated rings. The van der Waals surface area contributed by atoms with E-state index in [-0.39, 0.29) is 5.82 Å². The number of nitrogens with zero attached hydrogens (tertiary/aromatic N) is 1. The largest absolute Gasteiger partial charge is 0.381 e. The van der Waals surface area contributed by atoms with Crippen LogP contribution in [-0.4, -0.2) is 0 Å². The maximum Gasteiger partial charge on any atom is 0.129 e. The second-order valence-corrected chi connectivity index (χ2v) is 5.02. The lowest BCUT2D eigenvalue weighted by atomic mass is 10.1. The van der Waals surface area contributed by atoms with Crippen LogP contribution in [0, 0.1) is 20.7 Å². The first-order valence-corrected chi connectivity index (χ1v) is 6.45. The van der Waals surface area contributed by atoms with E-state index >= 15 is 0 Å². The van der Waals surface area contributed by atoms with Crippen LogP contribution in [0.25, 0.3) is 0 Å². The van der Waals surface area contributed by atoms with Crippen molar-refractivity contribution in [3.8, 4) is 6.07 Å². The molecule has 0 unspecified atom stereocenters. The third-order valence-corrected chi connectivity index (χ3v) is 3.23. The van der Waals surface area contributed by atoms with Gasteiger partial charge in [0.05, 0.1) is 11.6 Å². The van der Waals surface area contributed by atoms with E-state index in [2.05, 4.69) is 27.9 Å². The van der Waals surface area contributed by atoms with Crippen molar-refractivity contribution in [3.05, 3.63) is 63.0 Å². The standard InChI is InChI=1S/C14H10FIN2/c15-14-7-10(8-17)1-2-11(14)9-18-13-5-3-12(16)4-6-13/h1-7,18H,9H2. The van der Waals surface area contributed by atoms with Crippen molar-refractivity contribution >= 4 is 28.3 Å². The minimum absolute atomic E-state index is 0.338. The predicted molar refractivity (Wildman–Crippen MR) is 77.6 cm³/mol. The van der Waals surface area contributed by atoms with E-state index in [0.717, 1.165) is 9.26 Å². The molecule has 2 nitrogen and oxygen atoms in total. The molecule has 0 radical (unpaired) electrons. The maximum absolute atomic E-state index is 13.6. The molecule has 0 spiro atoms. The normalized spacial score (nSPS) is 9.83. The quantitative estimate of drug-likeness (QED) is 0.851. The lowest BCUT2D eigenvalue weighted by Crippen LogP contribution is -2.02. The summed E-state index contributed by atoms with van der Waals surface area (Å²) < 4.78 is 14.8. The Morgan fingerprint density at radius 1 is 1.17 bits per heavy atom. The van der Waals surface area contributed by atoms with Crippen molar-refractivity contribution < 1.29 is 4.39 Å². The molecule has 0 aliphatic carbocycles. The Balaban J connectivity index is 2.06. The molecule has 2 rings (SSSR count). The smallest absolute Gasteiger partial charge is 0.129 e. The van der Waals surface area contributed by atoms with Gasteiger partial charge in [0.25, 0.3) is 0 Å². The Morgan fingerprint density at radius 3 is 2.50 bits per heavy atom. The molecule has 0 saturated carbocycles. The number of nitriles is 1. The Labute approximate surface area is 119 Å². The Hall–Kier alpha value is -1.61. The second-order valence-electron chi connectivity index (χ2n) is 3.78. The number of rotatable bonds is 3. The van der Waals surface area contributed by atoms with Crippen LogP contribution in [0.5, 0.6) is 0 Å². The van der Waals surface area contributed by atoms with E-state index in [1.54, 1.807) is 12.1 Å². The molecule has 0 aliphatic heterocycles. The zero-order valence-electron chi connectivity index (χ0n) is 9.45. The van der Waals surface area contributed by atoms with Crippen molar-refractivity contribution in [2.24, 2.45) is 0 Å². The first-order valence-electron chi connectivity index (χ1n) is 5.37. The number of hydrogen-bond acceptors (Lipinski definition) is 2. The molecule has 90 valence electrons. The monoisotopic (exact) mass is 352 g/mol. The minimum atomic E-state index is -0.355. The van der Waals surface area contributed by atoms with Crippen molar-refractivity contribution in [2.45, 2.75) is 6.54 Å². The molecule has 0 heterocycles. The van der Waals surface area contributed by atoms with Crippen molar-refractivity contribution in [1.29, 1.82) is 5.26 Å². The highest BCUT2D eigenvalue weighted by Gasteiger charge is 2.03. The fraction of sp³-hybridized carbons (Fsp3) is 0.0714. The lowest BCUT2D eigenvalue weighted by molar-refractivity contribution is 0.612. The molecule has 2 aromatic rings. The average Bonchev–Trinajstić information content (AvgIpc) is 2.39. The number of hydrogen-bond donors (Lipinski definition) is 1. The van der Waals surface area contributed by atoms with E-state index < -0.39 is 0 Å². The van der Waals surface area contributed by atoms with Gasteiger partial charge in [-0.1, -0.05) is 6.07 Å². The van der Waals surface area contributed by atoms with Gasteiger partial charge in [0.2, 0.25) is 0 Å². The summed E-state index contributed by atoms with van der Waals surface area (Å²) in [5, 5.41) is 11.8.